The second-order valence-electron chi connectivity index (χ2n) is 7.14. The summed E-state index contributed by atoms with van der Waals surface area (Å²) in [5, 5.41) is 0.715. The van der Waals surface area contributed by atoms with Gasteiger partial charge >= 0.3 is 0 Å². The zero-order chi connectivity index (χ0) is 16.6. The van der Waals surface area contributed by atoms with Gasteiger partial charge in [-0.3, -0.25) is 0 Å². The molecule has 0 saturated carbocycles. The van der Waals surface area contributed by atoms with Crippen LogP contribution in [-0.4, -0.2) is 30.4 Å². The molecule has 2 aliphatic rings. The first-order valence-electron chi connectivity index (χ1n) is 8.22. The van der Waals surface area contributed by atoms with E-state index in [0.29, 0.717) is 17.5 Å². The molecule has 1 aromatic rings. The van der Waals surface area contributed by atoms with Gasteiger partial charge in [0.15, 0.2) is 12.1 Å². The molecule has 23 heavy (non-hydrogen) atoms. The molecule has 0 unspecified atom stereocenters. The molecule has 2 fully saturated rings. The molecule has 3 rings (SSSR count). The van der Waals surface area contributed by atoms with E-state index in [1.807, 2.05) is 38.1 Å². The Balaban J connectivity index is 1.71. The highest BCUT2D eigenvalue weighted by molar-refractivity contribution is 6.31. The minimum absolute atomic E-state index is 0.0245. The third-order valence-corrected chi connectivity index (χ3v) is 4.55. The first-order valence-corrected chi connectivity index (χ1v) is 8.59. The lowest BCUT2D eigenvalue weighted by molar-refractivity contribution is -0.220. The summed E-state index contributed by atoms with van der Waals surface area (Å²) in [5.74, 6) is -0.123. The number of halogens is 1. The number of fused-ring (bicyclic) bond motifs is 1. The van der Waals surface area contributed by atoms with Gasteiger partial charge in [0, 0.05) is 5.02 Å². The predicted octanol–water partition coefficient (Wildman–Crippen LogP) is 4.15. The maximum absolute atomic E-state index is 6.22. The van der Waals surface area contributed by atoms with Gasteiger partial charge in [0.25, 0.3) is 0 Å². The van der Waals surface area contributed by atoms with Gasteiger partial charge in [-0.05, 0) is 37.8 Å². The van der Waals surface area contributed by atoms with Gasteiger partial charge in [-0.25, -0.2) is 0 Å². The highest BCUT2D eigenvalue weighted by Gasteiger charge is 2.55. The van der Waals surface area contributed by atoms with Gasteiger partial charge in [-0.15, -0.1) is 0 Å². The summed E-state index contributed by atoms with van der Waals surface area (Å²) in [6.07, 6.45) is 0.179. The average Bonchev–Trinajstić information content (AvgIpc) is 2.89. The second-order valence-corrected chi connectivity index (χ2v) is 7.55. The molecule has 2 aliphatic heterocycles. The zero-order valence-corrected chi connectivity index (χ0v) is 14.9. The maximum atomic E-state index is 6.22. The molecule has 2 saturated heterocycles. The summed E-state index contributed by atoms with van der Waals surface area (Å²) < 4.78 is 24.1. The van der Waals surface area contributed by atoms with Crippen LogP contribution in [0.2, 0.25) is 5.02 Å². The van der Waals surface area contributed by atoms with Crippen LogP contribution in [0.3, 0.4) is 0 Å². The van der Waals surface area contributed by atoms with Crippen LogP contribution in [0, 0.1) is 5.92 Å². The highest BCUT2D eigenvalue weighted by Crippen LogP contribution is 2.40. The van der Waals surface area contributed by atoms with Crippen molar-refractivity contribution in [3.63, 3.8) is 0 Å². The van der Waals surface area contributed by atoms with Crippen LogP contribution in [0.25, 0.3) is 0 Å². The van der Waals surface area contributed by atoms with Crippen LogP contribution in [0.5, 0.6) is 0 Å². The molecule has 0 aliphatic carbocycles. The van der Waals surface area contributed by atoms with E-state index in [2.05, 4.69) is 13.8 Å². The van der Waals surface area contributed by atoms with Crippen molar-refractivity contribution in [2.45, 2.75) is 71.1 Å². The first kappa shape index (κ1) is 17.2. The Morgan fingerprint density at radius 2 is 1.96 bits per heavy atom. The normalized spacial score (nSPS) is 32.4. The summed E-state index contributed by atoms with van der Waals surface area (Å²) in [6.45, 7) is 8.59. The molecule has 1 aromatic carbocycles. The fraction of sp³-hybridized carbons (Fsp3) is 0.667. The molecular formula is C18H25ClO4. The van der Waals surface area contributed by atoms with Gasteiger partial charge in [-0.1, -0.05) is 43.6 Å². The molecule has 0 bridgehead atoms. The Labute approximate surface area is 143 Å². The van der Waals surface area contributed by atoms with Crippen molar-refractivity contribution in [2.24, 2.45) is 5.92 Å². The average molecular weight is 341 g/mol. The fourth-order valence-electron chi connectivity index (χ4n) is 3.20. The van der Waals surface area contributed by atoms with E-state index in [1.165, 1.54) is 0 Å². The van der Waals surface area contributed by atoms with E-state index >= 15 is 0 Å². The zero-order valence-electron chi connectivity index (χ0n) is 14.1. The van der Waals surface area contributed by atoms with Crippen LogP contribution in [0.4, 0.5) is 0 Å². The summed E-state index contributed by atoms with van der Waals surface area (Å²) in [5.41, 5.74) is 0.971. The van der Waals surface area contributed by atoms with Crippen molar-refractivity contribution in [3.8, 4) is 0 Å². The van der Waals surface area contributed by atoms with E-state index in [0.717, 1.165) is 12.0 Å². The topological polar surface area (TPSA) is 36.9 Å². The first-order chi connectivity index (χ1) is 10.9. The number of rotatable bonds is 5. The molecule has 128 valence electrons. The largest absolute Gasteiger partial charge is 0.368 e. The van der Waals surface area contributed by atoms with Gasteiger partial charge in [0.2, 0.25) is 0 Å². The van der Waals surface area contributed by atoms with Crippen molar-refractivity contribution in [1.82, 2.24) is 0 Å². The van der Waals surface area contributed by atoms with Crippen molar-refractivity contribution in [1.29, 1.82) is 0 Å². The number of ether oxygens (including phenoxy) is 4. The van der Waals surface area contributed by atoms with Crippen molar-refractivity contribution < 1.29 is 18.9 Å². The van der Waals surface area contributed by atoms with E-state index in [9.17, 15) is 0 Å². The van der Waals surface area contributed by atoms with Crippen molar-refractivity contribution in [2.75, 3.05) is 0 Å². The lowest BCUT2D eigenvalue weighted by atomic mass is 10.0. The van der Waals surface area contributed by atoms with Crippen LogP contribution in [0.1, 0.15) is 39.7 Å². The van der Waals surface area contributed by atoms with Gasteiger partial charge in [0.1, 0.15) is 12.2 Å². The Hall–Kier alpha value is -0.650. The Kier molecular flexibility index (Phi) is 5.00. The minimum Gasteiger partial charge on any atom is -0.368 e. The summed E-state index contributed by atoms with van der Waals surface area (Å²) >= 11 is 6.22. The Morgan fingerprint density at radius 1 is 1.22 bits per heavy atom. The van der Waals surface area contributed by atoms with Crippen LogP contribution in [-0.2, 0) is 25.6 Å². The third-order valence-electron chi connectivity index (χ3n) is 4.18. The minimum atomic E-state index is -0.635. The standard InChI is InChI=1S/C18H25ClO4/c1-11(2)9-14-15(16-17(21-14)23-18(3,4)22-16)20-10-12-7-5-6-8-13(12)19/h5-8,11,14-17H,9-10H2,1-4H3/t14-,15+,16-,17-/m1/s1. The molecule has 5 heteroatoms. The molecule has 4 nitrogen and oxygen atoms in total. The van der Waals surface area contributed by atoms with E-state index in [1.54, 1.807) is 0 Å². The number of benzene rings is 1. The maximum Gasteiger partial charge on any atom is 0.190 e. The second kappa shape index (κ2) is 6.69. The smallest absolute Gasteiger partial charge is 0.190 e. The Morgan fingerprint density at radius 3 is 2.65 bits per heavy atom. The molecule has 0 amide bonds. The summed E-state index contributed by atoms with van der Waals surface area (Å²) in [7, 11) is 0. The highest BCUT2D eigenvalue weighted by atomic mass is 35.5. The van der Waals surface area contributed by atoms with Crippen LogP contribution in [0.15, 0.2) is 24.3 Å². The summed E-state index contributed by atoms with van der Waals surface area (Å²) in [6, 6.07) is 7.72. The lowest BCUT2D eigenvalue weighted by Crippen LogP contribution is -2.37. The van der Waals surface area contributed by atoms with E-state index < -0.39 is 5.79 Å². The van der Waals surface area contributed by atoms with Crippen molar-refractivity contribution >= 4 is 11.6 Å². The predicted molar refractivity (Wildman–Crippen MR) is 88.2 cm³/mol. The van der Waals surface area contributed by atoms with Gasteiger partial charge in [-0.2, -0.15) is 0 Å². The monoisotopic (exact) mass is 340 g/mol. The van der Waals surface area contributed by atoms with Gasteiger partial charge in [0.05, 0.1) is 12.7 Å². The van der Waals surface area contributed by atoms with E-state index in [4.69, 9.17) is 30.5 Å². The van der Waals surface area contributed by atoms with E-state index in [-0.39, 0.29) is 24.6 Å². The number of hydrogen-bond donors (Lipinski definition) is 0. The number of hydrogen-bond acceptors (Lipinski definition) is 4. The molecule has 2 heterocycles. The molecule has 0 N–H and O–H groups in total. The molecule has 0 spiro atoms. The summed E-state index contributed by atoms with van der Waals surface area (Å²) in [4.78, 5) is 0. The fourth-order valence-corrected chi connectivity index (χ4v) is 3.39. The SMILES string of the molecule is CC(C)C[C@H]1O[C@@H]2OC(C)(C)O[C@@H]2[C@H]1OCc1ccccc1Cl. The molecule has 0 aromatic heterocycles. The lowest BCUT2D eigenvalue weighted by Gasteiger charge is -2.27. The molecular weight excluding hydrogens is 316 g/mol. The quantitative estimate of drug-likeness (QED) is 0.807. The molecule has 4 atom stereocenters. The van der Waals surface area contributed by atoms with Crippen LogP contribution >= 0.6 is 11.6 Å². The third kappa shape index (κ3) is 3.89. The van der Waals surface area contributed by atoms with Gasteiger partial charge < -0.3 is 18.9 Å². The molecule has 0 radical (unpaired) electrons. The van der Waals surface area contributed by atoms with Crippen molar-refractivity contribution in [3.05, 3.63) is 34.9 Å². The Bertz CT molecular complexity index is 546. The van der Waals surface area contributed by atoms with Crippen LogP contribution < -0.4 is 0 Å².